The Balaban J connectivity index is 2.21. The van der Waals surface area contributed by atoms with Gasteiger partial charge in [0.25, 0.3) is 0 Å². The van der Waals surface area contributed by atoms with Gasteiger partial charge >= 0.3 is 0 Å². The third kappa shape index (κ3) is 2.82. The Kier molecular flexibility index (Phi) is 3.74. The number of nitrogens with zero attached hydrogens (tertiary/aromatic N) is 2. The third-order valence-electron chi connectivity index (χ3n) is 2.50. The molecule has 0 bridgehead atoms. The van der Waals surface area contributed by atoms with Crippen LogP contribution in [0.3, 0.4) is 0 Å². The van der Waals surface area contributed by atoms with E-state index in [4.69, 9.17) is 0 Å². The summed E-state index contributed by atoms with van der Waals surface area (Å²) in [7, 11) is 0. The van der Waals surface area contributed by atoms with Gasteiger partial charge in [-0.1, -0.05) is 43.8 Å². The average Bonchev–Trinajstić information content (AvgIpc) is 2.35. The topological polar surface area (TPSA) is 42.9 Å². The molecule has 0 amide bonds. The Morgan fingerprint density at radius 2 is 2.06 bits per heavy atom. The number of rotatable bonds is 4. The van der Waals surface area contributed by atoms with Gasteiger partial charge < -0.3 is 0 Å². The SMILES string of the molecule is CC(C)C(=O)CSc1ncnc2ccccc12. The molecule has 0 fully saturated rings. The second-order valence-electron chi connectivity index (χ2n) is 4.11. The minimum atomic E-state index is 0.0793. The average molecular weight is 246 g/mol. The summed E-state index contributed by atoms with van der Waals surface area (Å²) in [6, 6.07) is 7.84. The van der Waals surface area contributed by atoms with Gasteiger partial charge in [0.2, 0.25) is 0 Å². The zero-order valence-corrected chi connectivity index (χ0v) is 10.7. The third-order valence-corrected chi connectivity index (χ3v) is 3.53. The molecule has 2 aromatic rings. The molecule has 0 aliphatic heterocycles. The van der Waals surface area contributed by atoms with E-state index in [2.05, 4.69) is 9.97 Å². The summed E-state index contributed by atoms with van der Waals surface area (Å²) in [4.78, 5) is 20.0. The summed E-state index contributed by atoms with van der Waals surface area (Å²) >= 11 is 1.49. The number of para-hydroxylation sites is 1. The number of Topliss-reactive ketones (excluding diaryl/α,β-unsaturated/α-hetero) is 1. The predicted octanol–water partition coefficient (Wildman–Crippen LogP) is 2.95. The fourth-order valence-corrected chi connectivity index (χ4v) is 2.46. The number of ketones is 1. The van der Waals surface area contributed by atoms with Gasteiger partial charge in [-0.25, -0.2) is 9.97 Å². The van der Waals surface area contributed by atoms with Crippen LogP contribution in [0.2, 0.25) is 0 Å². The summed E-state index contributed by atoms with van der Waals surface area (Å²) in [5, 5.41) is 1.89. The Morgan fingerprint density at radius 1 is 1.29 bits per heavy atom. The van der Waals surface area contributed by atoms with Crippen molar-refractivity contribution in [2.75, 3.05) is 5.75 Å². The number of benzene rings is 1. The molecule has 3 nitrogen and oxygen atoms in total. The van der Waals surface area contributed by atoms with E-state index in [1.165, 1.54) is 11.8 Å². The number of hydrogen-bond donors (Lipinski definition) is 0. The number of carbonyl (C=O) groups is 1. The summed E-state index contributed by atoms with van der Waals surface area (Å²) in [6.45, 7) is 3.84. The van der Waals surface area contributed by atoms with Crippen LogP contribution in [-0.2, 0) is 4.79 Å². The van der Waals surface area contributed by atoms with Crippen LogP contribution in [0, 0.1) is 5.92 Å². The zero-order valence-electron chi connectivity index (χ0n) is 9.88. The Hall–Kier alpha value is -1.42. The second kappa shape index (κ2) is 5.27. The highest BCUT2D eigenvalue weighted by molar-refractivity contribution is 8.00. The van der Waals surface area contributed by atoms with Crippen molar-refractivity contribution in [1.82, 2.24) is 9.97 Å². The smallest absolute Gasteiger partial charge is 0.145 e. The van der Waals surface area contributed by atoms with E-state index in [9.17, 15) is 4.79 Å². The van der Waals surface area contributed by atoms with Gasteiger partial charge in [-0.3, -0.25) is 4.79 Å². The van der Waals surface area contributed by atoms with Crippen molar-refractivity contribution in [1.29, 1.82) is 0 Å². The van der Waals surface area contributed by atoms with Gasteiger partial charge in [0, 0.05) is 11.3 Å². The molecule has 0 radical (unpaired) electrons. The van der Waals surface area contributed by atoms with Crippen LogP contribution in [0.25, 0.3) is 10.9 Å². The van der Waals surface area contributed by atoms with Crippen molar-refractivity contribution in [3.63, 3.8) is 0 Å². The number of thioether (sulfide) groups is 1. The molecule has 17 heavy (non-hydrogen) atoms. The van der Waals surface area contributed by atoms with Crippen molar-refractivity contribution in [3.05, 3.63) is 30.6 Å². The summed E-state index contributed by atoms with van der Waals surface area (Å²) in [5.74, 6) is 0.798. The van der Waals surface area contributed by atoms with E-state index in [1.54, 1.807) is 6.33 Å². The summed E-state index contributed by atoms with van der Waals surface area (Å²) in [5.41, 5.74) is 0.919. The molecule has 0 spiro atoms. The van der Waals surface area contributed by atoms with Crippen LogP contribution in [-0.4, -0.2) is 21.5 Å². The van der Waals surface area contributed by atoms with Crippen molar-refractivity contribution < 1.29 is 4.79 Å². The first-order valence-corrected chi connectivity index (χ1v) is 6.52. The highest BCUT2D eigenvalue weighted by atomic mass is 32.2. The van der Waals surface area contributed by atoms with Gasteiger partial charge in [0.15, 0.2) is 0 Å². The van der Waals surface area contributed by atoms with Gasteiger partial charge in [0.05, 0.1) is 11.3 Å². The van der Waals surface area contributed by atoms with E-state index in [1.807, 2.05) is 38.1 Å². The number of carbonyl (C=O) groups excluding carboxylic acids is 1. The molecule has 0 aliphatic carbocycles. The molecule has 0 saturated heterocycles. The van der Waals surface area contributed by atoms with Gasteiger partial charge in [-0.2, -0.15) is 0 Å². The molecule has 88 valence electrons. The molecule has 0 aliphatic rings. The van der Waals surface area contributed by atoms with Crippen LogP contribution in [0.5, 0.6) is 0 Å². The Morgan fingerprint density at radius 3 is 2.82 bits per heavy atom. The standard InChI is InChI=1S/C13H14N2OS/c1-9(2)12(16)7-17-13-10-5-3-4-6-11(10)14-8-15-13/h3-6,8-9H,7H2,1-2H3. The van der Waals surface area contributed by atoms with Gasteiger partial charge in [0.1, 0.15) is 17.1 Å². The Bertz CT molecular complexity index is 534. The lowest BCUT2D eigenvalue weighted by Gasteiger charge is -2.05. The fraction of sp³-hybridized carbons (Fsp3) is 0.308. The van der Waals surface area contributed by atoms with Crippen LogP contribution in [0.1, 0.15) is 13.8 Å². The van der Waals surface area contributed by atoms with Gasteiger partial charge in [-0.05, 0) is 6.07 Å². The molecule has 1 heterocycles. The predicted molar refractivity (Wildman–Crippen MR) is 70.1 cm³/mol. The van der Waals surface area contributed by atoms with E-state index in [0.717, 1.165) is 15.9 Å². The quantitative estimate of drug-likeness (QED) is 0.614. The molecule has 0 saturated carbocycles. The largest absolute Gasteiger partial charge is 0.298 e. The first-order chi connectivity index (χ1) is 8.18. The first-order valence-electron chi connectivity index (χ1n) is 5.53. The lowest BCUT2D eigenvalue weighted by molar-refractivity contribution is -0.119. The number of aromatic nitrogens is 2. The number of fused-ring (bicyclic) bond motifs is 1. The molecule has 4 heteroatoms. The van der Waals surface area contributed by atoms with Gasteiger partial charge in [-0.15, -0.1) is 0 Å². The van der Waals surface area contributed by atoms with Crippen LogP contribution in [0.15, 0.2) is 35.6 Å². The normalized spacial score (nSPS) is 11.0. The van der Waals surface area contributed by atoms with Crippen molar-refractivity contribution >= 4 is 28.4 Å². The molecular formula is C13H14N2OS. The maximum Gasteiger partial charge on any atom is 0.145 e. The van der Waals surface area contributed by atoms with E-state index >= 15 is 0 Å². The molecule has 0 unspecified atom stereocenters. The van der Waals surface area contributed by atoms with E-state index in [0.29, 0.717) is 5.75 Å². The van der Waals surface area contributed by atoms with Crippen molar-refractivity contribution in [3.8, 4) is 0 Å². The molecular weight excluding hydrogens is 232 g/mol. The zero-order chi connectivity index (χ0) is 12.3. The lowest BCUT2D eigenvalue weighted by atomic mass is 10.1. The molecule has 0 atom stereocenters. The van der Waals surface area contributed by atoms with Crippen molar-refractivity contribution in [2.24, 2.45) is 5.92 Å². The minimum Gasteiger partial charge on any atom is -0.298 e. The second-order valence-corrected chi connectivity index (χ2v) is 5.07. The lowest BCUT2D eigenvalue weighted by Crippen LogP contribution is -2.09. The van der Waals surface area contributed by atoms with Crippen molar-refractivity contribution in [2.45, 2.75) is 18.9 Å². The Labute approximate surface area is 105 Å². The number of hydrogen-bond acceptors (Lipinski definition) is 4. The van der Waals surface area contributed by atoms with Crippen LogP contribution < -0.4 is 0 Å². The first kappa shape index (κ1) is 12.0. The highest BCUT2D eigenvalue weighted by Crippen LogP contribution is 2.24. The summed E-state index contributed by atoms with van der Waals surface area (Å²) in [6.07, 6.45) is 1.55. The minimum absolute atomic E-state index is 0.0793. The monoisotopic (exact) mass is 246 g/mol. The van der Waals surface area contributed by atoms with Crippen LogP contribution in [0.4, 0.5) is 0 Å². The molecule has 1 aromatic heterocycles. The maximum absolute atomic E-state index is 11.6. The van der Waals surface area contributed by atoms with Crippen LogP contribution >= 0.6 is 11.8 Å². The molecule has 1 aromatic carbocycles. The molecule has 0 N–H and O–H groups in total. The maximum atomic E-state index is 11.6. The van der Waals surface area contributed by atoms with E-state index < -0.39 is 0 Å². The molecule has 2 rings (SSSR count). The van der Waals surface area contributed by atoms with E-state index in [-0.39, 0.29) is 11.7 Å². The highest BCUT2D eigenvalue weighted by Gasteiger charge is 2.10. The fourth-order valence-electron chi connectivity index (χ4n) is 1.40. The summed E-state index contributed by atoms with van der Waals surface area (Å²) < 4.78 is 0.